The van der Waals surface area contributed by atoms with Gasteiger partial charge in [0.1, 0.15) is 0 Å². The van der Waals surface area contributed by atoms with Crippen LogP contribution >= 0.6 is 37.2 Å². The van der Waals surface area contributed by atoms with E-state index in [1.54, 1.807) is 0 Å². The third-order valence-electron chi connectivity index (χ3n) is 1.15. The van der Waals surface area contributed by atoms with Crippen LogP contribution in [0.25, 0.3) is 0 Å². The molecule has 0 aromatic rings. The number of ether oxygens (including phenoxy) is 1. The van der Waals surface area contributed by atoms with Gasteiger partial charge in [-0.15, -0.1) is 0 Å². The summed E-state index contributed by atoms with van der Waals surface area (Å²) in [5.74, 6) is 0. The van der Waals surface area contributed by atoms with Crippen LogP contribution in [0.1, 0.15) is 33.6 Å². The van der Waals surface area contributed by atoms with E-state index >= 15 is 0 Å². The predicted molar refractivity (Wildman–Crippen MR) is 64.0 cm³/mol. The van der Waals surface area contributed by atoms with E-state index in [-0.39, 0.29) is 0 Å². The van der Waals surface area contributed by atoms with Crippen LogP contribution in [0.4, 0.5) is 0 Å². The summed E-state index contributed by atoms with van der Waals surface area (Å²) in [6.45, 7) is 7.18. The molecule has 0 aromatic heterocycles. The zero-order valence-electron chi connectivity index (χ0n) is 6.86. The Hall–Kier alpha value is 1.42. The van der Waals surface area contributed by atoms with Gasteiger partial charge in [-0.05, 0) is 20.3 Å². The molecule has 10 heavy (non-hydrogen) atoms. The van der Waals surface area contributed by atoms with Crippen molar-refractivity contribution < 1.29 is 4.74 Å². The molecule has 0 saturated heterocycles. The van der Waals surface area contributed by atoms with Gasteiger partial charge in [0.15, 0.2) is 0 Å². The first-order valence-corrected chi connectivity index (χ1v) is 9.85. The molecule has 0 heterocycles. The molecule has 0 amide bonds. The first-order chi connectivity index (χ1) is 4.81. The zero-order valence-corrected chi connectivity index (χ0v) is 11.2. The van der Waals surface area contributed by atoms with E-state index in [1.807, 2.05) is 6.92 Å². The second-order valence-electron chi connectivity index (χ2n) is 2.05. The Morgan fingerprint density at radius 2 is 1.80 bits per heavy atom. The van der Waals surface area contributed by atoms with E-state index < -0.39 is 0 Å². The first-order valence-electron chi connectivity index (χ1n) is 3.57. The Balaban J connectivity index is 0. The van der Waals surface area contributed by atoms with Gasteiger partial charge in [-0.1, -0.05) is 13.3 Å². The highest BCUT2D eigenvalue weighted by molar-refractivity contribution is 15.0. The SMILES string of the molecule is CCCC(C)OCC.II. The largest absolute Gasteiger partial charge is 0.379 e. The smallest absolute Gasteiger partial charge is 0.0546 e. The Morgan fingerprint density at radius 3 is 2.10 bits per heavy atom. The molecule has 0 bridgehead atoms. The lowest BCUT2D eigenvalue weighted by Crippen LogP contribution is -2.06. The van der Waals surface area contributed by atoms with Gasteiger partial charge in [0.05, 0.1) is 6.10 Å². The fourth-order valence-electron chi connectivity index (χ4n) is 0.774. The monoisotopic (exact) mass is 370 g/mol. The maximum Gasteiger partial charge on any atom is 0.0546 e. The lowest BCUT2D eigenvalue weighted by molar-refractivity contribution is 0.0699. The maximum absolute atomic E-state index is 5.28. The molecule has 1 atom stereocenters. The highest BCUT2D eigenvalue weighted by Gasteiger charge is 1.95. The van der Waals surface area contributed by atoms with Crippen LogP contribution in [0.3, 0.4) is 0 Å². The van der Waals surface area contributed by atoms with E-state index in [1.165, 1.54) is 12.8 Å². The van der Waals surface area contributed by atoms with Gasteiger partial charge >= 0.3 is 0 Å². The van der Waals surface area contributed by atoms with Gasteiger partial charge in [0.25, 0.3) is 0 Å². The van der Waals surface area contributed by atoms with Crippen LogP contribution in [-0.4, -0.2) is 12.7 Å². The molecule has 0 spiro atoms. The van der Waals surface area contributed by atoms with E-state index in [2.05, 4.69) is 51.1 Å². The van der Waals surface area contributed by atoms with Crippen molar-refractivity contribution in [2.24, 2.45) is 0 Å². The van der Waals surface area contributed by atoms with E-state index in [9.17, 15) is 0 Å². The summed E-state index contributed by atoms with van der Waals surface area (Å²) in [5, 5.41) is 0. The molecule has 1 unspecified atom stereocenters. The van der Waals surface area contributed by atoms with E-state index in [4.69, 9.17) is 4.74 Å². The van der Waals surface area contributed by atoms with Crippen LogP contribution in [0.2, 0.25) is 0 Å². The molecule has 3 heteroatoms. The normalized spacial score (nSPS) is 11.7. The molecule has 0 aliphatic rings. The molecule has 0 aliphatic heterocycles. The average molecular weight is 370 g/mol. The second kappa shape index (κ2) is 13.0. The number of hydrogen-bond acceptors (Lipinski definition) is 1. The summed E-state index contributed by atoms with van der Waals surface area (Å²) < 4.78 is 5.28. The van der Waals surface area contributed by atoms with Gasteiger partial charge in [0, 0.05) is 43.8 Å². The third-order valence-corrected chi connectivity index (χ3v) is 1.15. The molecule has 0 rings (SSSR count). The Kier molecular flexibility index (Phi) is 18.2. The highest BCUT2D eigenvalue weighted by Crippen LogP contribution is 1.98. The topological polar surface area (TPSA) is 9.23 Å². The Labute approximate surface area is 87.6 Å². The van der Waals surface area contributed by atoms with Gasteiger partial charge in [-0.2, -0.15) is 0 Å². The van der Waals surface area contributed by atoms with Crippen molar-refractivity contribution in [3.8, 4) is 0 Å². The van der Waals surface area contributed by atoms with Crippen molar-refractivity contribution in [1.29, 1.82) is 0 Å². The minimum atomic E-state index is 0.463. The summed E-state index contributed by atoms with van der Waals surface area (Å²) in [6, 6.07) is 0. The van der Waals surface area contributed by atoms with Crippen LogP contribution in [0, 0.1) is 0 Å². The number of rotatable bonds is 4. The van der Waals surface area contributed by atoms with Crippen LogP contribution in [0.5, 0.6) is 0 Å². The molecule has 1 nitrogen and oxygen atoms in total. The van der Waals surface area contributed by atoms with Crippen LogP contribution in [0.15, 0.2) is 0 Å². The van der Waals surface area contributed by atoms with Crippen LogP contribution in [-0.2, 0) is 4.74 Å². The summed E-state index contributed by atoms with van der Waals surface area (Å²) >= 11 is 4.24. The number of halogens is 2. The lowest BCUT2D eigenvalue weighted by atomic mass is 10.2. The summed E-state index contributed by atoms with van der Waals surface area (Å²) in [7, 11) is 0. The average Bonchev–Trinajstić information content (AvgIpc) is 1.93. The standard InChI is InChI=1S/C7H16O.I2/c1-4-6-7(3)8-5-2;1-2/h7H,4-6H2,1-3H3;. The predicted octanol–water partition coefficient (Wildman–Crippen LogP) is 3.98. The van der Waals surface area contributed by atoms with Gasteiger partial charge in [-0.25, -0.2) is 0 Å². The van der Waals surface area contributed by atoms with Crippen molar-refractivity contribution >= 4 is 37.2 Å². The van der Waals surface area contributed by atoms with E-state index in [0.29, 0.717) is 6.10 Å². The Bertz CT molecular complexity index is 44.9. The molecular weight excluding hydrogens is 354 g/mol. The number of hydrogen-bond donors (Lipinski definition) is 0. The molecule has 0 N–H and O–H groups in total. The fraction of sp³-hybridized carbons (Fsp3) is 1.00. The first kappa shape index (κ1) is 14.0. The van der Waals surface area contributed by atoms with Crippen LogP contribution < -0.4 is 0 Å². The molecule has 0 saturated carbocycles. The molecule has 0 aromatic carbocycles. The minimum absolute atomic E-state index is 0.463. The molecule has 0 fully saturated rings. The maximum atomic E-state index is 5.28. The highest BCUT2D eigenvalue weighted by atomic mass is 128. The molecular formula is C7H16I2O. The van der Waals surface area contributed by atoms with Gasteiger partial charge < -0.3 is 4.74 Å². The van der Waals surface area contributed by atoms with Crippen molar-refractivity contribution in [2.45, 2.75) is 39.7 Å². The van der Waals surface area contributed by atoms with Crippen molar-refractivity contribution in [3.05, 3.63) is 0 Å². The van der Waals surface area contributed by atoms with Crippen molar-refractivity contribution in [3.63, 3.8) is 0 Å². The molecule has 0 radical (unpaired) electrons. The lowest BCUT2D eigenvalue weighted by Gasteiger charge is -2.08. The minimum Gasteiger partial charge on any atom is -0.379 e. The zero-order chi connectivity index (χ0) is 8.41. The second-order valence-corrected chi connectivity index (χ2v) is 2.05. The van der Waals surface area contributed by atoms with Crippen molar-refractivity contribution in [1.82, 2.24) is 0 Å². The Morgan fingerprint density at radius 1 is 1.30 bits per heavy atom. The summed E-state index contributed by atoms with van der Waals surface area (Å²) in [6.07, 6.45) is 2.87. The van der Waals surface area contributed by atoms with Gasteiger partial charge in [0.2, 0.25) is 0 Å². The van der Waals surface area contributed by atoms with E-state index in [0.717, 1.165) is 6.61 Å². The summed E-state index contributed by atoms with van der Waals surface area (Å²) in [5.41, 5.74) is 0. The van der Waals surface area contributed by atoms with Crippen molar-refractivity contribution in [2.75, 3.05) is 6.61 Å². The molecule has 64 valence electrons. The third kappa shape index (κ3) is 12.1. The summed E-state index contributed by atoms with van der Waals surface area (Å²) in [4.78, 5) is 0. The molecule has 0 aliphatic carbocycles. The van der Waals surface area contributed by atoms with Gasteiger partial charge in [-0.3, -0.25) is 0 Å². The fourth-order valence-corrected chi connectivity index (χ4v) is 0.774. The quantitative estimate of drug-likeness (QED) is 0.681.